The van der Waals surface area contributed by atoms with Crippen LogP contribution >= 0.6 is 0 Å². The van der Waals surface area contributed by atoms with Crippen molar-refractivity contribution in [2.24, 2.45) is 5.73 Å². The number of nitrogens with two attached hydrogens (primary N) is 1. The lowest BCUT2D eigenvalue weighted by Crippen LogP contribution is -2.21. The van der Waals surface area contributed by atoms with Gasteiger partial charge in [-0.1, -0.05) is 0 Å². The van der Waals surface area contributed by atoms with E-state index in [2.05, 4.69) is 14.7 Å². The maximum atomic E-state index is 12.1. The maximum Gasteiger partial charge on any atom is 0.381 e. The highest BCUT2D eigenvalue weighted by atomic mass is 19.1. The van der Waals surface area contributed by atoms with Gasteiger partial charge in [0.25, 0.3) is 0 Å². The summed E-state index contributed by atoms with van der Waals surface area (Å²) in [7, 11) is 0. The van der Waals surface area contributed by atoms with Crippen LogP contribution in [0, 0.1) is 6.14 Å². The van der Waals surface area contributed by atoms with E-state index in [-0.39, 0.29) is 0 Å². The lowest BCUT2D eigenvalue weighted by Gasteiger charge is -1.96. The van der Waals surface area contributed by atoms with Crippen LogP contribution in [0.3, 0.4) is 0 Å². The van der Waals surface area contributed by atoms with Crippen molar-refractivity contribution in [2.45, 2.75) is 6.54 Å². The number of nitrogens with zero attached hydrogens (tertiary/aromatic N) is 1. The predicted molar refractivity (Wildman–Crippen MR) is 37.2 cm³/mol. The van der Waals surface area contributed by atoms with Crippen LogP contribution in [0.15, 0.2) is 10.6 Å². The standard InChI is InChI=1S/C6H10FN3O/c7-6-10-4-5(11-6)3-9-2-1-8/h4,9H,1-3,8H2. The first-order valence-corrected chi connectivity index (χ1v) is 3.34. The van der Waals surface area contributed by atoms with Crippen molar-refractivity contribution >= 4 is 0 Å². The predicted octanol–water partition coefficient (Wildman–Crippen LogP) is -0.138. The molecule has 1 heterocycles. The summed E-state index contributed by atoms with van der Waals surface area (Å²) in [5.74, 6) is 0.482. The van der Waals surface area contributed by atoms with E-state index in [0.717, 1.165) is 0 Å². The zero-order chi connectivity index (χ0) is 8.10. The van der Waals surface area contributed by atoms with Crippen LogP contribution in [-0.2, 0) is 6.54 Å². The first kappa shape index (κ1) is 8.16. The summed E-state index contributed by atoms with van der Waals surface area (Å²) in [6, 6.07) is 0. The fourth-order valence-corrected chi connectivity index (χ4v) is 0.679. The van der Waals surface area contributed by atoms with E-state index in [1.54, 1.807) is 0 Å². The average Bonchev–Trinajstić information content (AvgIpc) is 2.37. The molecule has 1 aromatic rings. The number of rotatable bonds is 4. The average molecular weight is 159 g/mol. The van der Waals surface area contributed by atoms with Crippen molar-refractivity contribution in [2.75, 3.05) is 13.1 Å². The molecule has 0 spiro atoms. The molecular formula is C6H10FN3O. The minimum absolute atomic E-state index is 0.466. The third-order valence-corrected chi connectivity index (χ3v) is 1.15. The molecule has 0 amide bonds. The molecule has 0 unspecified atom stereocenters. The Labute approximate surface area is 63.6 Å². The molecule has 0 aliphatic heterocycles. The normalized spacial score (nSPS) is 10.4. The summed E-state index contributed by atoms with van der Waals surface area (Å²) in [6.45, 7) is 1.70. The molecule has 0 aliphatic rings. The number of oxazole rings is 1. The highest BCUT2D eigenvalue weighted by molar-refractivity contribution is 4.87. The van der Waals surface area contributed by atoms with Gasteiger partial charge in [0, 0.05) is 13.1 Å². The molecule has 11 heavy (non-hydrogen) atoms. The molecule has 4 nitrogen and oxygen atoms in total. The second-order valence-electron chi connectivity index (χ2n) is 2.04. The Hall–Kier alpha value is -0.940. The van der Waals surface area contributed by atoms with Crippen molar-refractivity contribution < 1.29 is 8.81 Å². The summed E-state index contributed by atoms with van der Waals surface area (Å²) in [6.07, 6.45) is 0.549. The number of hydrogen-bond acceptors (Lipinski definition) is 4. The molecule has 0 aromatic carbocycles. The monoisotopic (exact) mass is 159 g/mol. The Morgan fingerprint density at radius 2 is 2.55 bits per heavy atom. The first-order chi connectivity index (χ1) is 5.33. The van der Waals surface area contributed by atoms with Gasteiger partial charge in [-0.25, -0.2) is 0 Å². The molecule has 0 saturated carbocycles. The quantitative estimate of drug-likeness (QED) is 0.600. The number of nitrogens with one attached hydrogen (secondary N) is 1. The smallest absolute Gasteiger partial charge is 0.381 e. The molecule has 1 rings (SSSR count). The molecule has 1 aromatic heterocycles. The Morgan fingerprint density at radius 1 is 1.73 bits per heavy atom. The van der Waals surface area contributed by atoms with Crippen LogP contribution in [0.1, 0.15) is 5.76 Å². The summed E-state index contributed by atoms with van der Waals surface area (Å²) in [5.41, 5.74) is 5.22. The molecule has 0 fully saturated rings. The van der Waals surface area contributed by atoms with Gasteiger partial charge >= 0.3 is 6.14 Å². The number of hydrogen-bond donors (Lipinski definition) is 2. The highest BCUT2D eigenvalue weighted by Gasteiger charge is 1.99. The van der Waals surface area contributed by atoms with E-state index in [9.17, 15) is 4.39 Å². The summed E-state index contributed by atoms with van der Waals surface area (Å²) in [5, 5.41) is 2.94. The fourth-order valence-electron chi connectivity index (χ4n) is 0.679. The van der Waals surface area contributed by atoms with E-state index in [1.807, 2.05) is 0 Å². The van der Waals surface area contributed by atoms with Gasteiger partial charge in [0.1, 0.15) is 5.76 Å². The number of halogens is 1. The summed E-state index contributed by atoms with van der Waals surface area (Å²) in [4.78, 5) is 3.29. The minimum Gasteiger partial charge on any atom is -0.419 e. The Morgan fingerprint density at radius 3 is 3.09 bits per heavy atom. The zero-order valence-corrected chi connectivity index (χ0v) is 6.01. The summed E-state index contributed by atoms with van der Waals surface area (Å²) < 4.78 is 16.7. The molecule has 0 atom stereocenters. The highest BCUT2D eigenvalue weighted by Crippen LogP contribution is 1.99. The molecule has 0 saturated heterocycles. The molecule has 0 aliphatic carbocycles. The van der Waals surface area contributed by atoms with E-state index in [4.69, 9.17) is 5.73 Å². The van der Waals surface area contributed by atoms with Crippen LogP contribution in [0.5, 0.6) is 0 Å². The van der Waals surface area contributed by atoms with Crippen molar-refractivity contribution in [1.82, 2.24) is 10.3 Å². The minimum atomic E-state index is -0.797. The van der Waals surface area contributed by atoms with E-state index < -0.39 is 6.14 Å². The maximum absolute atomic E-state index is 12.1. The fraction of sp³-hybridized carbons (Fsp3) is 0.500. The second-order valence-corrected chi connectivity index (χ2v) is 2.04. The van der Waals surface area contributed by atoms with Gasteiger partial charge in [-0.3, -0.25) is 0 Å². The Kier molecular flexibility index (Phi) is 3.00. The topological polar surface area (TPSA) is 64.1 Å². The van der Waals surface area contributed by atoms with Crippen LogP contribution < -0.4 is 11.1 Å². The first-order valence-electron chi connectivity index (χ1n) is 3.34. The molecular weight excluding hydrogens is 149 g/mol. The lowest BCUT2D eigenvalue weighted by molar-refractivity contribution is 0.314. The molecule has 0 radical (unpaired) electrons. The molecule has 3 N–H and O–H groups in total. The van der Waals surface area contributed by atoms with Crippen molar-refractivity contribution in [1.29, 1.82) is 0 Å². The summed E-state index contributed by atoms with van der Waals surface area (Å²) >= 11 is 0. The van der Waals surface area contributed by atoms with E-state index in [0.29, 0.717) is 25.4 Å². The van der Waals surface area contributed by atoms with Gasteiger partial charge in [-0.05, 0) is 0 Å². The van der Waals surface area contributed by atoms with Crippen LogP contribution in [-0.4, -0.2) is 18.1 Å². The second kappa shape index (κ2) is 4.05. The molecule has 62 valence electrons. The van der Waals surface area contributed by atoms with Gasteiger partial charge in [0.05, 0.1) is 12.7 Å². The van der Waals surface area contributed by atoms with Crippen molar-refractivity contribution in [3.8, 4) is 0 Å². The zero-order valence-electron chi connectivity index (χ0n) is 6.01. The van der Waals surface area contributed by atoms with Crippen LogP contribution in [0.2, 0.25) is 0 Å². The van der Waals surface area contributed by atoms with Gasteiger partial charge in [-0.15, -0.1) is 4.39 Å². The molecule has 5 heteroatoms. The van der Waals surface area contributed by atoms with Crippen molar-refractivity contribution in [3.63, 3.8) is 0 Å². The van der Waals surface area contributed by atoms with Crippen LogP contribution in [0.25, 0.3) is 0 Å². The van der Waals surface area contributed by atoms with Crippen LogP contribution in [0.4, 0.5) is 4.39 Å². The Bertz CT molecular complexity index is 213. The van der Waals surface area contributed by atoms with Gasteiger partial charge in [-0.2, -0.15) is 4.98 Å². The van der Waals surface area contributed by atoms with Gasteiger partial charge in [0.15, 0.2) is 0 Å². The van der Waals surface area contributed by atoms with Gasteiger partial charge in [0.2, 0.25) is 0 Å². The third kappa shape index (κ3) is 2.65. The van der Waals surface area contributed by atoms with Crippen molar-refractivity contribution in [3.05, 3.63) is 18.1 Å². The lowest BCUT2D eigenvalue weighted by atomic mass is 10.5. The SMILES string of the molecule is NCCNCc1cnc(F)o1. The van der Waals surface area contributed by atoms with E-state index >= 15 is 0 Å². The number of aromatic nitrogens is 1. The largest absolute Gasteiger partial charge is 0.419 e. The van der Waals surface area contributed by atoms with Gasteiger partial charge < -0.3 is 15.5 Å². The Balaban J connectivity index is 2.27. The molecule has 0 bridgehead atoms. The third-order valence-electron chi connectivity index (χ3n) is 1.15. The van der Waals surface area contributed by atoms with E-state index in [1.165, 1.54) is 6.20 Å².